The van der Waals surface area contributed by atoms with Gasteiger partial charge in [-0.05, 0) is 48.7 Å². The third kappa shape index (κ3) is 2.90. The van der Waals surface area contributed by atoms with Crippen molar-refractivity contribution in [1.82, 2.24) is 4.90 Å². The first-order chi connectivity index (χ1) is 8.24. The van der Waals surface area contributed by atoms with Crippen molar-refractivity contribution >= 4 is 11.3 Å². The molecule has 1 aromatic heterocycles. The molecule has 2 rings (SSSR count). The molecule has 17 heavy (non-hydrogen) atoms. The van der Waals surface area contributed by atoms with E-state index in [0.29, 0.717) is 6.04 Å². The lowest BCUT2D eigenvalue weighted by Gasteiger charge is -2.36. The van der Waals surface area contributed by atoms with Crippen molar-refractivity contribution < 1.29 is 0 Å². The van der Waals surface area contributed by atoms with E-state index in [9.17, 15) is 0 Å². The molecule has 2 unspecified atom stereocenters. The summed E-state index contributed by atoms with van der Waals surface area (Å²) in [6.07, 6.45) is 6.48. The van der Waals surface area contributed by atoms with E-state index < -0.39 is 0 Å². The van der Waals surface area contributed by atoms with Gasteiger partial charge in [0.15, 0.2) is 0 Å². The van der Waals surface area contributed by atoms with Gasteiger partial charge in [-0.2, -0.15) is 11.3 Å². The van der Waals surface area contributed by atoms with E-state index >= 15 is 0 Å². The van der Waals surface area contributed by atoms with Crippen LogP contribution in [-0.2, 0) is 0 Å². The Kier molecular flexibility index (Phi) is 4.60. The van der Waals surface area contributed by atoms with Crippen LogP contribution < -0.4 is 5.73 Å². The molecule has 0 aliphatic heterocycles. The second kappa shape index (κ2) is 5.98. The molecule has 0 bridgehead atoms. The van der Waals surface area contributed by atoms with Gasteiger partial charge in [0.05, 0.1) is 6.04 Å². The van der Waals surface area contributed by atoms with Crippen LogP contribution >= 0.6 is 11.3 Å². The Hall–Kier alpha value is -0.380. The Bertz CT molecular complexity index is 317. The summed E-state index contributed by atoms with van der Waals surface area (Å²) in [5.74, 6) is 0. The zero-order valence-electron chi connectivity index (χ0n) is 10.9. The van der Waals surface area contributed by atoms with Crippen LogP contribution in [0.2, 0.25) is 0 Å². The maximum Gasteiger partial charge on any atom is 0.0507 e. The molecule has 1 aromatic rings. The standard InChI is InChI=1S/C14H24N2S/c1-3-13(15)14(11-8-9-17-10-11)16(2)12-6-4-5-7-12/h8-10,12-14H,3-7,15H2,1-2H3. The lowest BCUT2D eigenvalue weighted by Crippen LogP contribution is -2.42. The number of hydrogen-bond donors (Lipinski definition) is 1. The number of thiophene rings is 1. The van der Waals surface area contributed by atoms with Gasteiger partial charge in [-0.15, -0.1) is 0 Å². The average Bonchev–Trinajstić information content (AvgIpc) is 3.01. The highest BCUT2D eigenvalue weighted by Crippen LogP contribution is 2.32. The van der Waals surface area contributed by atoms with E-state index in [1.165, 1.54) is 31.2 Å². The van der Waals surface area contributed by atoms with Crippen molar-refractivity contribution in [2.24, 2.45) is 5.73 Å². The van der Waals surface area contributed by atoms with Gasteiger partial charge in [-0.25, -0.2) is 0 Å². The Morgan fingerprint density at radius 3 is 2.71 bits per heavy atom. The second-order valence-corrected chi connectivity index (χ2v) is 5.96. The molecule has 0 aromatic carbocycles. The van der Waals surface area contributed by atoms with Crippen LogP contribution in [0, 0.1) is 0 Å². The Morgan fingerprint density at radius 1 is 1.47 bits per heavy atom. The summed E-state index contributed by atoms with van der Waals surface area (Å²) in [5, 5.41) is 4.42. The van der Waals surface area contributed by atoms with Crippen LogP contribution in [0.3, 0.4) is 0 Å². The smallest absolute Gasteiger partial charge is 0.0507 e. The molecule has 1 aliphatic rings. The number of rotatable bonds is 5. The molecule has 3 heteroatoms. The number of nitrogens with zero attached hydrogens (tertiary/aromatic N) is 1. The molecule has 96 valence electrons. The second-order valence-electron chi connectivity index (χ2n) is 5.18. The van der Waals surface area contributed by atoms with E-state index in [1.807, 2.05) is 0 Å². The van der Waals surface area contributed by atoms with Crippen molar-refractivity contribution in [3.05, 3.63) is 22.4 Å². The van der Waals surface area contributed by atoms with Crippen molar-refractivity contribution in [2.75, 3.05) is 7.05 Å². The molecule has 0 saturated heterocycles. The molecule has 1 fully saturated rings. The molecule has 0 amide bonds. The van der Waals surface area contributed by atoms with Crippen molar-refractivity contribution in [3.63, 3.8) is 0 Å². The van der Waals surface area contributed by atoms with Gasteiger partial charge in [-0.3, -0.25) is 4.90 Å². The number of nitrogens with two attached hydrogens (primary N) is 1. The zero-order valence-corrected chi connectivity index (χ0v) is 11.7. The van der Waals surface area contributed by atoms with E-state index in [4.69, 9.17) is 5.73 Å². The third-order valence-electron chi connectivity index (χ3n) is 4.10. The summed E-state index contributed by atoms with van der Waals surface area (Å²) in [5.41, 5.74) is 7.74. The molecule has 1 heterocycles. The lowest BCUT2D eigenvalue weighted by atomic mass is 9.97. The van der Waals surface area contributed by atoms with E-state index in [2.05, 4.69) is 35.7 Å². The van der Waals surface area contributed by atoms with Crippen LogP contribution in [0.5, 0.6) is 0 Å². The first-order valence-corrected chi connectivity index (χ1v) is 7.68. The van der Waals surface area contributed by atoms with Gasteiger partial charge in [0, 0.05) is 12.1 Å². The SMILES string of the molecule is CCC(N)C(c1ccsc1)N(C)C1CCCC1. The molecule has 2 atom stereocenters. The minimum absolute atomic E-state index is 0.246. The van der Waals surface area contributed by atoms with Gasteiger partial charge < -0.3 is 5.73 Å². The first kappa shape index (κ1) is 13.1. The largest absolute Gasteiger partial charge is 0.326 e. The summed E-state index contributed by atoms with van der Waals surface area (Å²) < 4.78 is 0. The van der Waals surface area contributed by atoms with Crippen LogP contribution in [0.25, 0.3) is 0 Å². The molecular weight excluding hydrogens is 228 g/mol. The van der Waals surface area contributed by atoms with Gasteiger partial charge in [0.2, 0.25) is 0 Å². The van der Waals surface area contributed by atoms with Crippen molar-refractivity contribution in [2.45, 2.75) is 57.2 Å². The highest BCUT2D eigenvalue weighted by atomic mass is 32.1. The minimum atomic E-state index is 0.246. The number of hydrogen-bond acceptors (Lipinski definition) is 3. The molecule has 0 radical (unpaired) electrons. The minimum Gasteiger partial charge on any atom is -0.326 e. The van der Waals surface area contributed by atoms with Crippen LogP contribution in [-0.4, -0.2) is 24.0 Å². The Morgan fingerprint density at radius 2 is 2.18 bits per heavy atom. The lowest BCUT2D eigenvalue weighted by molar-refractivity contribution is 0.150. The summed E-state index contributed by atoms with van der Waals surface area (Å²) in [6, 6.07) is 3.61. The fourth-order valence-electron chi connectivity index (χ4n) is 2.99. The molecule has 0 spiro atoms. The summed E-state index contributed by atoms with van der Waals surface area (Å²) in [6.45, 7) is 2.19. The highest BCUT2D eigenvalue weighted by Gasteiger charge is 2.30. The highest BCUT2D eigenvalue weighted by molar-refractivity contribution is 7.07. The number of likely N-dealkylation sites (N-methyl/N-ethyl adjacent to an activating group) is 1. The quantitative estimate of drug-likeness (QED) is 0.870. The Balaban J connectivity index is 2.14. The normalized spacial score (nSPS) is 20.9. The van der Waals surface area contributed by atoms with E-state index in [-0.39, 0.29) is 6.04 Å². The summed E-state index contributed by atoms with van der Waals surface area (Å²) in [4.78, 5) is 2.53. The monoisotopic (exact) mass is 252 g/mol. The van der Waals surface area contributed by atoms with Gasteiger partial charge >= 0.3 is 0 Å². The van der Waals surface area contributed by atoms with Crippen molar-refractivity contribution in [1.29, 1.82) is 0 Å². The zero-order chi connectivity index (χ0) is 12.3. The van der Waals surface area contributed by atoms with Crippen LogP contribution in [0.4, 0.5) is 0 Å². The molecule has 1 aliphatic carbocycles. The van der Waals surface area contributed by atoms with Crippen molar-refractivity contribution in [3.8, 4) is 0 Å². The summed E-state index contributed by atoms with van der Waals surface area (Å²) in [7, 11) is 2.26. The fourth-order valence-corrected chi connectivity index (χ4v) is 3.68. The molecule has 2 nitrogen and oxygen atoms in total. The first-order valence-electron chi connectivity index (χ1n) is 6.73. The van der Waals surface area contributed by atoms with Gasteiger partial charge in [-0.1, -0.05) is 19.8 Å². The third-order valence-corrected chi connectivity index (χ3v) is 4.80. The van der Waals surface area contributed by atoms with Gasteiger partial charge in [0.1, 0.15) is 0 Å². The fraction of sp³-hybridized carbons (Fsp3) is 0.714. The molecule has 2 N–H and O–H groups in total. The maximum atomic E-state index is 6.34. The molecule has 1 saturated carbocycles. The summed E-state index contributed by atoms with van der Waals surface area (Å²) >= 11 is 1.77. The maximum absolute atomic E-state index is 6.34. The van der Waals surface area contributed by atoms with Gasteiger partial charge in [0.25, 0.3) is 0 Å². The van der Waals surface area contributed by atoms with Crippen LogP contribution in [0.15, 0.2) is 16.8 Å². The molecular formula is C14H24N2S. The van der Waals surface area contributed by atoms with E-state index in [0.717, 1.165) is 12.5 Å². The van der Waals surface area contributed by atoms with E-state index in [1.54, 1.807) is 11.3 Å². The topological polar surface area (TPSA) is 29.3 Å². The van der Waals surface area contributed by atoms with Crippen LogP contribution in [0.1, 0.15) is 50.6 Å². The predicted molar refractivity (Wildman–Crippen MR) is 75.3 cm³/mol. The average molecular weight is 252 g/mol. The predicted octanol–water partition coefficient (Wildman–Crippen LogP) is 3.40. The Labute approximate surface area is 109 Å².